The minimum absolute atomic E-state index is 0. The summed E-state index contributed by atoms with van der Waals surface area (Å²) in [6.45, 7) is 0. The van der Waals surface area contributed by atoms with Crippen LogP contribution in [0.1, 0.15) is 21.9 Å². The molecule has 110 valence electrons. The topological polar surface area (TPSA) is 117 Å². The first-order valence-electron chi connectivity index (χ1n) is 5.93. The second kappa shape index (κ2) is 7.63. The molecule has 0 atom stereocenters. The molecule has 22 heavy (non-hydrogen) atoms. The van der Waals surface area contributed by atoms with Crippen LogP contribution in [0, 0.1) is 0 Å². The molecule has 2 rings (SSSR count). The second-order valence-corrected chi connectivity index (χ2v) is 4.03. The molecule has 2 heterocycles. The number of nitrogens with zero attached hydrogens (tertiary/aromatic N) is 2. The average Bonchev–Trinajstić information content (AvgIpc) is 2.47. The van der Waals surface area contributed by atoms with Crippen molar-refractivity contribution in [2.45, 2.75) is 6.42 Å². The molecule has 2 aromatic heterocycles. The minimum atomic E-state index is -1.39. The van der Waals surface area contributed by atoms with Crippen molar-refractivity contribution in [1.29, 1.82) is 0 Å². The van der Waals surface area contributed by atoms with Crippen molar-refractivity contribution in [2.75, 3.05) is 14.2 Å². The zero-order chi connectivity index (χ0) is 15.4. The number of hydrogen-bond donors (Lipinski definition) is 1. The van der Waals surface area contributed by atoms with Crippen molar-refractivity contribution in [1.82, 2.24) is 15.0 Å². The van der Waals surface area contributed by atoms with E-state index in [0.717, 1.165) is 0 Å². The van der Waals surface area contributed by atoms with E-state index in [-0.39, 0.29) is 48.4 Å². The van der Waals surface area contributed by atoms with Crippen LogP contribution in [0.3, 0.4) is 0 Å². The van der Waals surface area contributed by atoms with Crippen LogP contribution in [0.25, 0.3) is 0 Å². The van der Waals surface area contributed by atoms with E-state index >= 15 is 0 Å². The molecule has 0 saturated heterocycles. The first-order chi connectivity index (χ1) is 10.1. The molecule has 0 unspecified atom stereocenters. The van der Waals surface area contributed by atoms with Gasteiger partial charge in [0.2, 0.25) is 5.75 Å². The Balaban J connectivity index is 0.00000242. The number of methoxy groups -OCH3 is 2. The fraction of sp³-hybridized carbons (Fsp3) is 0.231. The molecule has 0 saturated carbocycles. The van der Waals surface area contributed by atoms with E-state index in [4.69, 9.17) is 9.47 Å². The van der Waals surface area contributed by atoms with Gasteiger partial charge in [0.15, 0.2) is 0 Å². The second-order valence-electron chi connectivity index (χ2n) is 4.03. The minimum Gasteiger partial charge on any atom is -0.543 e. The summed E-state index contributed by atoms with van der Waals surface area (Å²) in [4.78, 5) is 33.1. The molecule has 0 aromatic carbocycles. The molecule has 0 fully saturated rings. The molecule has 0 amide bonds. The Morgan fingerprint density at radius 1 is 1.36 bits per heavy atom. The molecule has 0 radical (unpaired) electrons. The molecule has 0 spiro atoms. The molecular weight excluding hydrogens is 285 g/mol. The van der Waals surface area contributed by atoms with Gasteiger partial charge in [-0.15, -0.1) is 0 Å². The number of aromatic amines is 1. The quantitative estimate of drug-likeness (QED) is 0.561. The van der Waals surface area contributed by atoms with Gasteiger partial charge < -0.3 is 24.4 Å². The Morgan fingerprint density at radius 3 is 2.68 bits per heavy atom. The summed E-state index contributed by atoms with van der Waals surface area (Å²) in [7, 11) is 2.68. The molecule has 2 aromatic rings. The number of carboxylic acid groups (broad SMARTS) is 1. The monoisotopic (exact) mass is 297 g/mol. The van der Waals surface area contributed by atoms with E-state index in [0.29, 0.717) is 5.56 Å². The van der Waals surface area contributed by atoms with Gasteiger partial charge in [0.1, 0.15) is 5.82 Å². The van der Waals surface area contributed by atoms with Gasteiger partial charge in [-0.1, -0.05) is 6.07 Å². The van der Waals surface area contributed by atoms with E-state index in [1.165, 1.54) is 20.4 Å². The van der Waals surface area contributed by atoms with Crippen LogP contribution in [-0.2, 0) is 6.42 Å². The van der Waals surface area contributed by atoms with Crippen LogP contribution in [0.5, 0.6) is 11.6 Å². The zero-order valence-corrected chi connectivity index (χ0v) is 12.4. The Kier molecular flexibility index (Phi) is 6.16. The first kappa shape index (κ1) is 17.7. The van der Waals surface area contributed by atoms with Gasteiger partial charge in [-0.25, -0.2) is 0 Å². The largest absolute Gasteiger partial charge is 1.00 e. The number of H-pyrrole nitrogens is 1. The number of pyridine rings is 1. The number of aromatic carboxylic acids is 1. The number of carbonyl (C=O) groups excluding carboxylic acids is 1. The summed E-state index contributed by atoms with van der Waals surface area (Å²) in [5, 5.41) is 11.0. The van der Waals surface area contributed by atoms with E-state index in [1.54, 1.807) is 12.1 Å². The smallest absolute Gasteiger partial charge is 0.543 e. The summed E-state index contributed by atoms with van der Waals surface area (Å²) in [6, 6.07) is 3.15. The zero-order valence-electron chi connectivity index (χ0n) is 12.4. The third-order valence-electron chi connectivity index (χ3n) is 2.73. The van der Waals surface area contributed by atoms with Gasteiger partial charge in [-0.2, -0.15) is 4.98 Å². The number of nitrogens with one attached hydrogen (secondary N) is 1. The van der Waals surface area contributed by atoms with Crippen LogP contribution >= 0.6 is 0 Å². The number of aromatic nitrogens is 3. The van der Waals surface area contributed by atoms with Crippen LogP contribution in [0.4, 0.5) is 0 Å². The van der Waals surface area contributed by atoms with Crippen molar-refractivity contribution in [3.8, 4) is 11.6 Å². The first-order valence-corrected chi connectivity index (χ1v) is 5.93. The van der Waals surface area contributed by atoms with Crippen molar-refractivity contribution < 1.29 is 38.2 Å². The maximum atomic E-state index is 11.8. The van der Waals surface area contributed by atoms with E-state index < -0.39 is 11.5 Å². The molecule has 8 nitrogen and oxygen atoms in total. The number of carboxylic acids is 1. The van der Waals surface area contributed by atoms with Crippen LogP contribution < -0.4 is 39.0 Å². The fourth-order valence-corrected chi connectivity index (χ4v) is 1.83. The molecule has 0 aliphatic carbocycles. The van der Waals surface area contributed by atoms with Gasteiger partial charge in [0.05, 0.1) is 25.9 Å². The van der Waals surface area contributed by atoms with Gasteiger partial charge in [0.25, 0.3) is 11.4 Å². The predicted molar refractivity (Wildman–Crippen MR) is 69.3 cm³/mol. The summed E-state index contributed by atoms with van der Waals surface area (Å²) >= 11 is 0. The molecule has 1 N–H and O–H groups in total. The standard InChI is InChI=1S/C13H13N3O5.Li/c1-20-10-11(17)15-8(16-12(10)21-2)6-7-4-3-5-14-9(7)13(18)19;/h3-5H,6H2,1-2H3,(H,18,19)(H,15,16,17);/q;+1/p-1. The number of rotatable bonds is 5. The number of carbonyl (C=O) groups is 1. The van der Waals surface area contributed by atoms with Crippen molar-refractivity contribution in [3.05, 3.63) is 45.8 Å². The molecule has 0 bridgehead atoms. The molecule has 0 aliphatic heterocycles. The summed E-state index contributed by atoms with van der Waals surface area (Å²) < 4.78 is 9.86. The Bertz CT molecular complexity index is 732. The van der Waals surface area contributed by atoms with Crippen LogP contribution in [0.2, 0.25) is 0 Å². The number of hydrogen-bond acceptors (Lipinski definition) is 7. The molecule has 0 aliphatic rings. The summed E-state index contributed by atoms with van der Waals surface area (Å²) in [5.74, 6) is -1.19. The predicted octanol–water partition coefficient (Wildman–Crippen LogP) is -3.86. The van der Waals surface area contributed by atoms with Crippen molar-refractivity contribution in [3.63, 3.8) is 0 Å². The normalized spacial score (nSPS) is 9.73. The Morgan fingerprint density at radius 2 is 2.09 bits per heavy atom. The van der Waals surface area contributed by atoms with Crippen LogP contribution in [0.15, 0.2) is 23.1 Å². The Labute approximate surface area is 137 Å². The van der Waals surface area contributed by atoms with Gasteiger partial charge in [-0.05, 0) is 11.6 Å². The van der Waals surface area contributed by atoms with Gasteiger partial charge in [-0.3, -0.25) is 9.78 Å². The molecule has 9 heteroatoms. The third kappa shape index (κ3) is 3.66. The maximum Gasteiger partial charge on any atom is 1.00 e. The molecular formula is C13H12LiN3O5. The fourth-order valence-electron chi connectivity index (χ4n) is 1.83. The van der Waals surface area contributed by atoms with E-state index in [9.17, 15) is 14.7 Å². The SMILES string of the molecule is COc1nc(Cc2cccnc2C(=O)[O-])[nH]c(=O)c1OC.[Li+]. The summed E-state index contributed by atoms with van der Waals surface area (Å²) in [6.07, 6.45) is 1.41. The average molecular weight is 297 g/mol. The summed E-state index contributed by atoms with van der Waals surface area (Å²) in [5.41, 5.74) is -0.346. The Hall–Kier alpha value is -2.30. The van der Waals surface area contributed by atoms with E-state index in [1.807, 2.05) is 0 Å². The van der Waals surface area contributed by atoms with Crippen molar-refractivity contribution >= 4 is 5.97 Å². The van der Waals surface area contributed by atoms with Gasteiger partial charge in [0, 0.05) is 12.6 Å². The number of ether oxygens (including phenoxy) is 2. The van der Waals surface area contributed by atoms with Gasteiger partial charge >= 0.3 is 18.9 Å². The van der Waals surface area contributed by atoms with Crippen molar-refractivity contribution in [2.24, 2.45) is 0 Å². The third-order valence-corrected chi connectivity index (χ3v) is 2.73. The van der Waals surface area contributed by atoms with E-state index in [2.05, 4.69) is 15.0 Å². The van der Waals surface area contributed by atoms with Crippen LogP contribution in [-0.4, -0.2) is 35.1 Å². The maximum absolute atomic E-state index is 11.8.